The van der Waals surface area contributed by atoms with E-state index in [4.69, 9.17) is 10.00 Å². The molecule has 0 aliphatic rings. The molecule has 2 rings (SSSR count). The molecule has 0 aliphatic heterocycles. The van der Waals surface area contributed by atoms with Crippen LogP contribution >= 0.6 is 0 Å². The summed E-state index contributed by atoms with van der Waals surface area (Å²) in [5.74, 6) is 0.502. The summed E-state index contributed by atoms with van der Waals surface area (Å²) in [5, 5.41) is 8.70. The van der Waals surface area contributed by atoms with Crippen molar-refractivity contribution in [3.8, 4) is 22.9 Å². The first kappa shape index (κ1) is 10.9. The van der Waals surface area contributed by atoms with Crippen LogP contribution < -0.4 is 4.74 Å². The Labute approximate surface area is 98.9 Å². The van der Waals surface area contributed by atoms with Crippen molar-refractivity contribution in [2.24, 2.45) is 0 Å². The first-order valence-electron chi connectivity index (χ1n) is 5.04. The van der Waals surface area contributed by atoms with E-state index in [0.717, 1.165) is 11.1 Å². The van der Waals surface area contributed by atoms with Gasteiger partial charge in [-0.1, -0.05) is 24.3 Å². The van der Waals surface area contributed by atoms with Crippen LogP contribution in [0, 0.1) is 11.3 Å². The van der Waals surface area contributed by atoms with E-state index >= 15 is 0 Å². The van der Waals surface area contributed by atoms with E-state index in [0.29, 0.717) is 17.8 Å². The Balaban J connectivity index is 2.35. The number of hydrogen-bond donors (Lipinski definition) is 0. The van der Waals surface area contributed by atoms with Gasteiger partial charge in [-0.2, -0.15) is 5.26 Å². The Bertz CT molecular complexity index is 568. The molecule has 2 aromatic carbocycles. The van der Waals surface area contributed by atoms with Crippen molar-refractivity contribution in [2.75, 3.05) is 0 Å². The highest BCUT2D eigenvalue weighted by atomic mass is 16.5. The highest BCUT2D eigenvalue weighted by Crippen LogP contribution is 2.23. The van der Waals surface area contributed by atoms with Crippen LogP contribution in [0.2, 0.25) is 0 Å². The molecule has 0 aliphatic carbocycles. The summed E-state index contributed by atoms with van der Waals surface area (Å²) >= 11 is 0. The molecule has 82 valence electrons. The van der Waals surface area contributed by atoms with E-state index < -0.39 is 0 Å². The molecule has 0 radical (unpaired) electrons. The van der Waals surface area contributed by atoms with Crippen molar-refractivity contribution in [3.63, 3.8) is 0 Å². The van der Waals surface area contributed by atoms with Crippen LogP contribution in [-0.4, -0.2) is 6.47 Å². The van der Waals surface area contributed by atoms with Crippen molar-refractivity contribution in [2.45, 2.75) is 0 Å². The molecule has 0 N–H and O–H groups in total. The fourth-order valence-electron chi connectivity index (χ4n) is 1.54. The smallest absolute Gasteiger partial charge is 0.298 e. The topological polar surface area (TPSA) is 50.1 Å². The molecule has 0 saturated heterocycles. The molecule has 0 atom stereocenters. The minimum Gasteiger partial charge on any atom is -0.429 e. The molecule has 0 amide bonds. The molecule has 0 spiro atoms. The highest BCUT2D eigenvalue weighted by molar-refractivity contribution is 5.66. The monoisotopic (exact) mass is 223 g/mol. The van der Waals surface area contributed by atoms with Crippen molar-refractivity contribution in [3.05, 3.63) is 54.1 Å². The van der Waals surface area contributed by atoms with Crippen LogP contribution in [0.5, 0.6) is 5.75 Å². The van der Waals surface area contributed by atoms with Crippen molar-refractivity contribution in [1.82, 2.24) is 0 Å². The number of benzene rings is 2. The van der Waals surface area contributed by atoms with E-state index in [1.54, 1.807) is 24.3 Å². The van der Waals surface area contributed by atoms with Gasteiger partial charge in [0.25, 0.3) is 6.47 Å². The zero-order valence-corrected chi connectivity index (χ0v) is 8.96. The normalized spacial score (nSPS) is 9.35. The average Bonchev–Trinajstić information content (AvgIpc) is 2.40. The largest absolute Gasteiger partial charge is 0.429 e. The van der Waals surface area contributed by atoms with Gasteiger partial charge in [-0.3, -0.25) is 4.79 Å². The van der Waals surface area contributed by atoms with Crippen LogP contribution in [0.4, 0.5) is 0 Å². The van der Waals surface area contributed by atoms with Crippen LogP contribution in [0.15, 0.2) is 48.5 Å². The molecule has 0 bridgehead atoms. The van der Waals surface area contributed by atoms with Gasteiger partial charge in [0.05, 0.1) is 11.6 Å². The Morgan fingerprint density at radius 3 is 2.47 bits per heavy atom. The van der Waals surface area contributed by atoms with Gasteiger partial charge in [0.15, 0.2) is 0 Å². The Kier molecular flexibility index (Phi) is 3.18. The van der Waals surface area contributed by atoms with Crippen molar-refractivity contribution >= 4 is 6.47 Å². The fourth-order valence-corrected chi connectivity index (χ4v) is 1.54. The zero-order valence-electron chi connectivity index (χ0n) is 8.96. The van der Waals surface area contributed by atoms with Gasteiger partial charge in [-0.15, -0.1) is 0 Å². The summed E-state index contributed by atoms with van der Waals surface area (Å²) in [6, 6.07) is 16.5. The van der Waals surface area contributed by atoms with Gasteiger partial charge in [0.2, 0.25) is 0 Å². The quantitative estimate of drug-likeness (QED) is 0.752. The molecule has 3 heteroatoms. The number of carbonyl (C=O) groups excluding carboxylic acids is 1. The highest BCUT2D eigenvalue weighted by Gasteiger charge is 2.00. The van der Waals surface area contributed by atoms with Crippen LogP contribution in [0.3, 0.4) is 0 Å². The summed E-state index contributed by atoms with van der Waals surface area (Å²) < 4.78 is 4.78. The Morgan fingerprint density at radius 1 is 1.06 bits per heavy atom. The molecule has 0 heterocycles. The van der Waals surface area contributed by atoms with Gasteiger partial charge in [0.1, 0.15) is 5.75 Å². The summed E-state index contributed by atoms with van der Waals surface area (Å²) in [6.07, 6.45) is 0. The SMILES string of the molecule is N#Cc1ccc(-c2cccc(OC=O)c2)cc1. The van der Waals surface area contributed by atoms with Crippen LogP contribution in [0.1, 0.15) is 5.56 Å². The standard InChI is InChI=1S/C14H9NO2/c15-9-11-4-6-12(7-5-11)13-2-1-3-14(8-13)17-10-16/h1-8,10H. The summed E-state index contributed by atoms with van der Waals surface area (Å²) in [4.78, 5) is 10.2. The van der Waals surface area contributed by atoms with E-state index in [2.05, 4.69) is 6.07 Å². The number of ether oxygens (including phenoxy) is 1. The molecule has 0 saturated carbocycles. The molecular weight excluding hydrogens is 214 g/mol. The maximum absolute atomic E-state index is 10.2. The van der Waals surface area contributed by atoms with E-state index in [-0.39, 0.29) is 0 Å². The van der Waals surface area contributed by atoms with Gasteiger partial charge in [-0.25, -0.2) is 0 Å². The second-order valence-electron chi connectivity index (χ2n) is 3.43. The summed E-state index contributed by atoms with van der Waals surface area (Å²) in [6.45, 7) is 0.401. The second-order valence-corrected chi connectivity index (χ2v) is 3.43. The summed E-state index contributed by atoms with van der Waals surface area (Å²) in [5.41, 5.74) is 2.53. The van der Waals surface area contributed by atoms with Gasteiger partial charge < -0.3 is 4.74 Å². The molecule has 0 aromatic heterocycles. The average molecular weight is 223 g/mol. The van der Waals surface area contributed by atoms with Crippen molar-refractivity contribution in [1.29, 1.82) is 5.26 Å². The Morgan fingerprint density at radius 2 is 1.82 bits per heavy atom. The first-order valence-corrected chi connectivity index (χ1v) is 5.04. The number of hydrogen-bond acceptors (Lipinski definition) is 3. The number of rotatable bonds is 3. The van der Waals surface area contributed by atoms with Crippen LogP contribution in [0.25, 0.3) is 11.1 Å². The predicted molar refractivity (Wildman–Crippen MR) is 63.3 cm³/mol. The fraction of sp³-hybridized carbons (Fsp3) is 0. The molecular formula is C14H9NO2. The lowest BCUT2D eigenvalue weighted by Gasteiger charge is -2.03. The number of carbonyl (C=O) groups is 1. The third kappa shape index (κ3) is 2.50. The molecule has 0 fully saturated rings. The van der Waals surface area contributed by atoms with E-state index in [1.165, 1.54) is 0 Å². The second kappa shape index (κ2) is 4.95. The zero-order chi connectivity index (χ0) is 12.1. The first-order chi connectivity index (χ1) is 8.33. The third-order valence-electron chi connectivity index (χ3n) is 2.37. The molecule has 17 heavy (non-hydrogen) atoms. The summed E-state index contributed by atoms with van der Waals surface area (Å²) in [7, 11) is 0. The lowest BCUT2D eigenvalue weighted by Crippen LogP contribution is -1.88. The predicted octanol–water partition coefficient (Wildman–Crippen LogP) is 2.76. The molecule has 0 unspecified atom stereocenters. The van der Waals surface area contributed by atoms with E-state index in [9.17, 15) is 4.79 Å². The maximum atomic E-state index is 10.2. The van der Waals surface area contributed by atoms with Gasteiger partial charge >= 0.3 is 0 Å². The van der Waals surface area contributed by atoms with Crippen LogP contribution in [-0.2, 0) is 4.79 Å². The van der Waals surface area contributed by atoms with E-state index in [1.807, 2.05) is 24.3 Å². The molecule has 2 aromatic rings. The molecule has 3 nitrogen and oxygen atoms in total. The lowest BCUT2D eigenvalue weighted by molar-refractivity contribution is -0.120. The number of nitriles is 1. The third-order valence-corrected chi connectivity index (χ3v) is 2.37. The van der Waals surface area contributed by atoms with Crippen molar-refractivity contribution < 1.29 is 9.53 Å². The number of nitrogens with zero attached hydrogens (tertiary/aromatic N) is 1. The minimum absolute atomic E-state index is 0.401. The maximum Gasteiger partial charge on any atom is 0.298 e. The van der Waals surface area contributed by atoms with Gasteiger partial charge in [0, 0.05) is 0 Å². The Hall–Kier alpha value is -2.60. The lowest BCUT2D eigenvalue weighted by atomic mass is 10.0. The van der Waals surface area contributed by atoms with Gasteiger partial charge in [-0.05, 0) is 35.4 Å². The minimum atomic E-state index is 0.401.